The van der Waals surface area contributed by atoms with Gasteiger partial charge in [0.25, 0.3) is 0 Å². The Hall–Kier alpha value is -1.84. The van der Waals surface area contributed by atoms with Crippen molar-refractivity contribution in [2.75, 3.05) is 5.73 Å². The molecule has 0 fully saturated rings. The predicted molar refractivity (Wildman–Crippen MR) is 89.9 cm³/mol. The highest BCUT2D eigenvalue weighted by atomic mass is 35.5. The van der Waals surface area contributed by atoms with E-state index in [0.29, 0.717) is 16.5 Å². The number of hydrogen-bond acceptors (Lipinski definition) is 2. The fourth-order valence-corrected chi connectivity index (χ4v) is 3.67. The molecule has 0 amide bonds. The summed E-state index contributed by atoms with van der Waals surface area (Å²) in [6, 6.07) is 19.1. The van der Waals surface area contributed by atoms with Crippen molar-refractivity contribution in [1.29, 1.82) is 0 Å². The number of rotatable bonds is 3. The molecule has 0 saturated heterocycles. The molecule has 0 spiro atoms. The second kappa shape index (κ2) is 5.88. The van der Waals surface area contributed by atoms with E-state index in [4.69, 9.17) is 17.3 Å². The maximum atomic E-state index is 12.5. The normalized spacial score (nSPS) is 12.4. The lowest BCUT2D eigenvalue weighted by Crippen LogP contribution is -1.98. The van der Waals surface area contributed by atoms with Gasteiger partial charge in [0.05, 0.1) is 16.6 Å². The van der Waals surface area contributed by atoms with Crippen LogP contribution in [0.4, 0.5) is 5.69 Å². The van der Waals surface area contributed by atoms with Gasteiger partial charge in [-0.25, -0.2) is 0 Å². The molecule has 0 saturated carbocycles. The Morgan fingerprint density at radius 1 is 0.952 bits per heavy atom. The minimum absolute atomic E-state index is 0.363. The van der Waals surface area contributed by atoms with Gasteiger partial charge in [0, 0.05) is 15.6 Å². The first-order chi connectivity index (χ1) is 10.1. The van der Waals surface area contributed by atoms with E-state index >= 15 is 0 Å². The van der Waals surface area contributed by atoms with E-state index in [1.54, 1.807) is 18.2 Å². The van der Waals surface area contributed by atoms with E-state index < -0.39 is 10.8 Å². The van der Waals surface area contributed by atoms with Crippen molar-refractivity contribution in [3.05, 3.63) is 71.2 Å². The average Bonchev–Trinajstić information content (AvgIpc) is 2.50. The summed E-state index contributed by atoms with van der Waals surface area (Å²) in [7, 11) is -1.15. The van der Waals surface area contributed by atoms with Crippen molar-refractivity contribution in [3.63, 3.8) is 0 Å². The van der Waals surface area contributed by atoms with Gasteiger partial charge in [-0.15, -0.1) is 0 Å². The van der Waals surface area contributed by atoms with Crippen LogP contribution in [0, 0.1) is 0 Å². The van der Waals surface area contributed by atoms with Gasteiger partial charge in [0.15, 0.2) is 0 Å². The summed E-state index contributed by atoms with van der Waals surface area (Å²) >= 11 is 6.13. The molecule has 2 nitrogen and oxygen atoms in total. The molecular formula is C17H14ClNOS. The SMILES string of the molecule is Nc1ccc(Cl)c(CS(=O)c2ccc3ccccc3c2)c1. The van der Waals surface area contributed by atoms with Crippen molar-refractivity contribution in [2.24, 2.45) is 0 Å². The van der Waals surface area contributed by atoms with Crippen molar-refractivity contribution in [1.82, 2.24) is 0 Å². The summed E-state index contributed by atoms with van der Waals surface area (Å²) in [6.07, 6.45) is 0. The zero-order chi connectivity index (χ0) is 14.8. The fourth-order valence-electron chi connectivity index (χ4n) is 2.24. The molecule has 1 atom stereocenters. The third-order valence-electron chi connectivity index (χ3n) is 3.34. The third kappa shape index (κ3) is 3.09. The molecule has 0 radical (unpaired) electrons. The van der Waals surface area contributed by atoms with Crippen molar-refractivity contribution in [3.8, 4) is 0 Å². The molecule has 4 heteroatoms. The predicted octanol–water partition coefficient (Wildman–Crippen LogP) is 4.38. The van der Waals surface area contributed by atoms with Gasteiger partial charge in [0.1, 0.15) is 0 Å². The molecule has 3 aromatic rings. The molecule has 3 rings (SSSR count). The number of anilines is 1. The molecule has 106 valence electrons. The maximum Gasteiger partial charge on any atom is 0.0574 e. The lowest BCUT2D eigenvalue weighted by atomic mass is 10.1. The van der Waals surface area contributed by atoms with Gasteiger partial charge >= 0.3 is 0 Å². The van der Waals surface area contributed by atoms with Gasteiger partial charge in [-0.05, 0) is 46.7 Å². The molecule has 0 aliphatic heterocycles. The van der Waals surface area contributed by atoms with Crippen LogP contribution >= 0.6 is 11.6 Å². The second-order valence-electron chi connectivity index (χ2n) is 4.85. The highest BCUT2D eigenvalue weighted by molar-refractivity contribution is 7.84. The molecule has 3 aromatic carbocycles. The molecule has 2 N–H and O–H groups in total. The second-order valence-corrected chi connectivity index (χ2v) is 6.71. The van der Waals surface area contributed by atoms with Crippen LogP contribution in [0.25, 0.3) is 10.8 Å². The molecule has 21 heavy (non-hydrogen) atoms. The first-order valence-electron chi connectivity index (χ1n) is 6.54. The van der Waals surface area contributed by atoms with E-state index in [9.17, 15) is 4.21 Å². The van der Waals surface area contributed by atoms with E-state index in [-0.39, 0.29) is 0 Å². The maximum absolute atomic E-state index is 12.5. The highest BCUT2D eigenvalue weighted by Crippen LogP contribution is 2.24. The van der Waals surface area contributed by atoms with Gasteiger partial charge in [-0.2, -0.15) is 0 Å². The molecule has 0 heterocycles. The largest absolute Gasteiger partial charge is 0.399 e. The molecule has 0 aliphatic carbocycles. The van der Waals surface area contributed by atoms with Crippen LogP contribution in [-0.4, -0.2) is 4.21 Å². The Kier molecular flexibility index (Phi) is 3.95. The molecular weight excluding hydrogens is 302 g/mol. The zero-order valence-corrected chi connectivity index (χ0v) is 12.8. The number of halogens is 1. The van der Waals surface area contributed by atoms with Crippen LogP contribution in [0.2, 0.25) is 5.02 Å². The minimum Gasteiger partial charge on any atom is -0.399 e. The van der Waals surface area contributed by atoms with Crippen LogP contribution in [0.15, 0.2) is 65.6 Å². The Balaban J connectivity index is 1.91. The summed E-state index contributed by atoms with van der Waals surface area (Å²) in [6.45, 7) is 0. The summed E-state index contributed by atoms with van der Waals surface area (Å²) in [5.41, 5.74) is 7.20. The number of nitrogens with two attached hydrogens (primary N) is 1. The topological polar surface area (TPSA) is 43.1 Å². The summed E-state index contributed by atoms with van der Waals surface area (Å²) in [5, 5.41) is 2.82. The average molecular weight is 316 g/mol. The lowest BCUT2D eigenvalue weighted by molar-refractivity contribution is 0.683. The van der Waals surface area contributed by atoms with Gasteiger partial charge < -0.3 is 5.73 Å². The lowest BCUT2D eigenvalue weighted by Gasteiger charge is -2.07. The Bertz CT molecular complexity index is 832. The van der Waals surface area contributed by atoms with E-state index in [1.807, 2.05) is 42.5 Å². The van der Waals surface area contributed by atoms with Crippen LogP contribution in [0.3, 0.4) is 0 Å². The van der Waals surface area contributed by atoms with E-state index in [2.05, 4.69) is 0 Å². The van der Waals surface area contributed by atoms with Crippen molar-refractivity contribution < 1.29 is 4.21 Å². The number of hydrogen-bond donors (Lipinski definition) is 1. The Morgan fingerprint density at radius 2 is 1.71 bits per heavy atom. The summed E-state index contributed by atoms with van der Waals surface area (Å²) in [4.78, 5) is 0.798. The smallest absolute Gasteiger partial charge is 0.0574 e. The van der Waals surface area contributed by atoms with Gasteiger partial charge in [0.2, 0.25) is 0 Å². The van der Waals surface area contributed by atoms with Crippen molar-refractivity contribution in [2.45, 2.75) is 10.6 Å². The van der Waals surface area contributed by atoms with Gasteiger partial charge in [-0.3, -0.25) is 4.21 Å². The first kappa shape index (κ1) is 14.1. The summed E-state index contributed by atoms with van der Waals surface area (Å²) < 4.78 is 12.5. The van der Waals surface area contributed by atoms with Gasteiger partial charge in [-0.1, -0.05) is 41.9 Å². The highest BCUT2D eigenvalue weighted by Gasteiger charge is 2.09. The number of benzene rings is 3. The molecule has 0 aliphatic rings. The monoisotopic (exact) mass is 315 g/mol. The quantitative estimate of drug-likeness (QED) is 0.729. The molecule has 0 aromatic heterocycles. The first-order valence-corrected chi connectivity index (χ1v) is 8.24. The number of nitrogen functional groups attached to an aromatic ring is 1. The summed E-state index contributed by atoms with van der Waals surface area (Å²) in [5.74, 6) is 0.363. The third-order valence-corrected chi connectivity index (χ3v) is 5.06. The standard InChI is InChI=1S/C17H14ClNOS/c18-17-8-6-15(19)9-14(17)11-21(20)16-7-5-12-3-1-2-4-13(12)10-16/h1-10H,11,19H2. The zero-order valence-electron chi connectivity index (χ0n) is 11.3. The number of fused-ring (bicyclic) bond motifs is 1. The Morgan fingerprint density at radius 3 is 2.52 bits per heavy atom. The minimum atomic E-state index is -1.15. The molecule has 1 unspecified atom stereocenters. The molecule has 0 bridgehead atoms. The van der Waals surface area contributed by atoms with E-state index in [0.717, 1.165) is 21.2 Å². The van der Waals surface area contributed by atoms with E-state index in [1.165, 1.54) is 0 Å². The Labute approximate surface area is 131 Å². The van der Waals surface area contributed by atoms with Crippen LogP contribution < -0.4 is 5.73 Å². The fraction of sp³-hybridized carbons (Fsp3) is 0.0588. The van der Waals surface area contributed by atoms with Crippen LogP contribution in [0.1, 0.15) is 5.56 Å². The van der Waals surface area contributed by atoms with Crippen molar-refractivity contribution >= 4 is 38.9 Å². The van der Waals surface area contributed by atoms with Crippen LogP contribution in [-0.2, 0) is 16.6 Å². The van der Waals surface area contributed by atoms with Crippen LogP contribution in [0.5, 0.6) is 0 Å².